The highest BCUT2D eigenvalue weighted by atomic mass is 79.9. The molecule has 0 atom stereocenters. The molecule has 8 heteroatoms. The summed E-state index contributed by atoms with van der Waals surface area (Å²) in [7, 11) is 0. The molecule has 32 heavy (non-hydrogen) atoms. The second-order valence-corrected chi connectivity index (χ2v) is 8.22. The van der Waals surface area contributed by atoms with Crippen LogP contribution in [0.5, 0.6) is 5.75 Å². The van der Waals surface area contributed by atoms with Gasteiger partial charge in [0.05, 0.1) is 16.6 Å². The zero-order valence-corrected chi connectivity index (χ0v) is 18.6. The molecule has 0 fully saturated rings. The highest BCUT2D eigenvalue weighted by molar-refractivity contribution is 9.10. The van der Waals surface area contributed by atoms with Crippen molar-refractivity contribution in [2.75, 3.05) is 5.32 Å². The predicted molar refractivity (Wildman–Crippen MR) is 126 cm³/mol. The van der Waals surface area contributed by atoms with Gasteiger partial charge >= 0.3 is 0 Å². The Labute approximate surface area is 191 Å². The Bertz CT molecular complexity index is 1480. The summed E-state index contributed by atoms with van der Waals surface area (Å²) in [5, 5.41) is 7.64. The van der Waals surface area contributed by atoms with Gasteiger partial charge in [-0.05, 0) is 48.9 Å². The normalized spacial score (nSPS) is 13.9. The van der Waals surface area contributed by atoms with Crippen LogP contribution in [0.4, 0.5) is 5.69 Å². The van der Waals surface area contributed by atoms with Gasteiger partial charge < -0.3 is 10.1 Å². The molecule has 0 aliphatic carbocycles. The number of hydrogen-bond acceptors (Lipinski definition) is 5. The lowest BCUT2D eigenvalue weighted by atomic mass is 10.1. The number of aryl methyl sites for hydroxylation is 1. The van der Waals surface area contributed by atoms with Gasteiger partial charge in [0, 0.05) is 10.0 Å². The molecule has 0 bridgehead atoms. The zero-order valence-electron chi connectivity index (χ0n) is 17.0. The number of rotatable bonds is 4. The maximum Gasteiger partial charge on any atom is 0.282 e. The number of carbonyl (C=O) groups is 1. The van der Waals surface area contributed by atoms with Crippen molar-refractivity contribution in [3.05, 3.63) is 98.5 Å². The number of nitrogens with zero attached hydrogens (tertiary/aromatic N) is 3. The van der Waals surface area contributed by atoms with E-state index >= 15 is 0 Å². The van der Waals surface area contributed by atoms with E-state index in [9.17, 15) is 9.59 Å². The maximum absolute atomic E-state index is 13.3. The number of amides is 1. The van der Waals surface area contributed by atoms with Crippen LogP contribution < -0.4 is 15.6 Å². The number of ether oxygens (including phenoxy) is 1. The maximum atomic E-state index is 13.3. The summed E-state index contributed by atoms with van der Waals surface area (Å²) < 4.78 is 7.93. The Morgan fingerprint density at radius 2 is 1.84 bits per heavy atom. The summed E-state index contributed by atoms with van der Waals surface area (Å²) in [5.74, 6) is 0.592. The van der Waals surface area contributed by atoms with Crippen molar-refractivity contribution >= 4 is 44.1 Å². The van der Waals surface area contributed by atoms with Gasteiger partial charge in [0.15, 0.2) is 11.5 Å². The molecule has 2 heterocycles. The molecule has 0 saturated carbocycles. The first-order valence-corrected chi connectivity index (χ1v) is 10.7. The lowest BCUT2D eigenvalue weighted by molar-refractivity contribution is -0.110. The third-order valence-corrected chi connectivity index (χ3v) is 5.66. The molecule has 1 amide bonds. The number of benzene rings is 3. The second-order valence-electron chi connectivity index (χ2n) is 7.31. The van der Waals surface area contributed by atoms with Gasteiger partial charge in [0.1, 0.15) is 12.4 Å². The molecule has 3 aromatic carbocycles. The van der Waals surface area contributed by atoms with Crippen LogP contribution in [-0.2, 0) is 11.4 Å². The summed E-state index contributed by atoms with van der Waals surface area (Å²) in [6, 6.07) is 20.0. The van der Waals surface area contributed by atoms with Gasteiger partial charge in [-0.25, -0.2) is 4.98 Å². The lowest BCUT2D eigenvalue weighted by Crippen LogP contribution is -2.26. The van der Waals surface area contributed by atoms with Gasteiger partial charge in [-0.1, -0.05) is 46.3 Å². The summed E-state index contributed by atoms with van der Waals surface area (Å²) in [6.45, 7) is 1.95. The van der Waals surface area contributed by atoms with E-state index < -0.39 is 0 Å². The first-order chi connectivity index (χ1) is 15.5. The summed E-state index contributed by atoms with van der Waals surface area (Å²) in [4.78, 5) is 30.6. The van der Waals surface area contributed by atoms with Crippen molar-refractivity contribution in [3.63, 3.8) is 0 Å². The number of nitrogens with one attached hydrogen (secondary N) is 1. The van der Waals surface area contributed by atoms with Gasteiger partial charge in [0.2, 0.25) is 0 Å². The minimum absolute atomic E-state index is 0.0104. The van der Waals surface area contributed by atoms with Crippen LogP contribution in [0.15, 0.2) is 81.1 Å². The molecular formula is C24H17BrN4O3. The fourth-order valence-corrected chi connectivity index (χ4v) is 3.92. The summed E-state index contributed by atoms with van der Waals surface area (Å²) >= 11 is 3.40. The number of aromatic nitrogens is 2. The van der Waals surface area contributed by atoms with Crippen molar-refractivity contribution < 1.29 is 9.53 Å². The molecule has 1 N–H and O–H groups in total. The van der Waals surface area contributed by atoms with Gasteiger partial charge in [-0.15, -0.1) is 0 Å². The molecule has 1 aromatic heterocycles. The minimum atomic E-state index is -0.385. The van der Waals surface area contributed by atoms with Crippen LogP contribution in [0.3, 0.4) is 0 Å². The number of fused-ring (bicyclic) bond motifs is 2. The molecule has 0 unspecified atom stereocenters. The van der Waals surface area contributed by atoms with E-state index in [1.54, 1.807) is 30.3 Å². The van der Waals surface area contributed by atoms with E-state index in [0.29, 0.717) is 33.7 Å². The molecular weight excluding hydrogens is 472 g/mol. The van der Waals surface area contributed by atoms with Crippen molar-refractivity contribution in [1.29, 1.82) is 0 Å². The molecule has 0 saturated heterocycles. The number of para-hydroxylation sites is 2. The average molecular weight is 489 g/mol. The molecule has 158 valence electrons. The van der Waals surface area contributed by atoms with Crippen molar-refractivity contribution in [2.24, 2.45) is 5.10 Å². The monoisotopic (exact) mass is 488 g/mol. The van der Waals surface area contributed by atoms with Crippen LogP contribution in [0.25, 0.3) is 10.9 Å². The molecule has 0 spiro atoms. The van der Waals surface area contributed by atoms with Gasteiger partial charge in [-0.3, -0.25) is 9.59 Å². The first kappa shape index (κ1) is 20.1. The second kappa shape index (κ2) is 8.05. The number of anilines is 1. The third kappa shape index (κ3) is 3.58. The van der Waals surface area contributed by atoms with E-state index in [0.717, 1.165) is 14.7 Å². The topological polar surface area (TPSA) is 85.6 Å². The Hall–Kier alpha value is -3.78. The van der Waals surface area contributed by atoms with Crippen LogP contribution in [0.2, 0.25) is 0 Å². The van der Waals surface area contributed by atoms with E-state index in [-0.39, 0.29) is 23.8 Å². The van der Waals surface area contributed by atoms with Crippen LogP contribution in [0, 0.1) is 6.92 Å². The smallest absolute Gasteiger partial charge is 0.282 e. The van der Waals surface area contributed by atoms with E-state index in [2.05, 4.69) is 31.3 Å². The largest absolute Gasteiger partial charge is 0.485 e. The van der Waals surface area contributed by atoms with E-state index in [4.69, 9.17) is 4.74 Å². The van der Waals surface area contributed by atoms with Crippen LogP contribution in [0.1, 0.15) is 17.0 Å². The quantitative estimate of drug-likeness (QED) is 0.465. The molecule has 1 aliphatic heterocycles. The van der Waals surface area contributed by atoms with Crippen LogP contribution in [-0.4, -0.2) is 21.3 Å². The Balaban J connectivity index is 1.65. The third-order valence-electron chi connectivity index (χ3n) is 5.17. The van der Waals surface area contributed by atoms with E-state index in [1.165, 1.54) is 0 Å². The predicted octanol–water partition coefficient (Wildman–Crippen LogP) is 4.25. The number of hydrogen-bond donors (Lipinski definition) is 1. The van der Waals surface area contributed by atoms with Crippen molar-refractivity contribution in [1.82, 2.24) is 9.66 Å². The fraction of sp³-hybridized carbons (Fsp3) is 0.0833. The SMILES string of the molecule is Cc1ccccc1OCc1nc2ccccc2c(=O)n1N=C1C(=O)Nc2cc(Br)ccc21. The molecule has 0 radical (unpaired) electrons. The van der Waals surface area contributed by atoms with Crippen molar-refractivity contribution in [3.8, 4) is 5.75 Å². The van der Waals surface area contributed by atoms with Gasteiger partial charge in [0.25, 0.3) is 11.5 Å². The van der Waals surface area contributed by atoms with Crippen molar-refractivity contribution in [2.45, 2.75) is 13.5 Å². The molecule has 4 aromatic rings. The Kier molecular flexibility index (Phi) is 5.07. The lowest BCUT2D eigenvalue weighted by Gasteiger charge is -2.12. The summed E-state index contributed by atoms with van der Waals surface area (Å²) in [6.07, 6.45) is 0. The average Bonchev–Trinajstić information content (AvgIpc) is 3.09. The number of halogens is 1. The standard InChI is InChI=1S/C24H17BrN4O3/c1-14-6-2-5-9-20(14)32-13-21-26-18-8-4-3-7-17(18)24(31)29(21)28-22-16-11-10-15(25)12-19(16)27-23(22)30/h2-12H,13H2,1H3,(H,27,28,30). The zero-order chi connectivity index (χ0) is 22.2. The minimum Gasteiger partial charge on any atom is -0.485 e. The first-order valence-electron chi connectivity index (χ1n) is 9.90. The molecule has 5 rings (SSSR count). The Morgan fingerprint density at radius 1 is 1.06 bits per heavy atom. The molecule has 1 aliphatic rings. The fourth-order valence-electron chi connectivity index (χ4n) is 3.56. The number of carbonyl (C=O) groups excluding carboxylic acids is 1. The highest BCUT2D eigenvalue weighted by Gasteiger charge is 2.27. The van der Waals surface area contributed by atoms with E-state index in [1.807, 2.05) is 43.3 Å². The van der Waals surface area contributed by atoms with Gasteiger partial charge in [-0.2, -0.15) is 9.78 Å². The van der Waals surface area contributed by atoms with Crippen LogP contribution >= 0.6 is 15.9 Å². The Morgan fingerprint density at radius 3 is 2.69 bits per heavy atom. The summed E-state index contributed by atoms with van der Waals surface area (Å²) in [5.41, 5.74) is 2.51. The highest BCUT2D eigenvalue weighted by Crippen LogP contribution is 2.27. The molecule has 7 nitrogen and oxygen atoms in total.